The summed E-state index contributed by atoms with van der Waals surface area (Å²) in [4.78, 5) is 7.25. The average molecular weight is 319 g/mol. The molecule has 0 unspecified atom stereocenters. The van der Waals surface area contributed by atoms with Crippen molar-refractivity contribution in [2.24, 2.45) is 0 Å². The highest BCUT2D eigenvalue weighted by atomic mass is 79.9. The second-order valence-electron chi connectivity index (χ2n) is 3.88. The van der Waals surface area contributed by atoms with E-state index in [1.54, 1.807) is 0 Å². The van der Waals surface area contributed by atoms with Crippen molar-refractivity contribution in [1.29, 1.82) is 0 Å². The van der Waals surface area contributed by atoms with Crippen molar-refractivity contribution in [2.75, 3.05) is 0 Å². The summed E-state index contributed by atoms with van der Waals surface area (Å²) >= 11 is 3.50. The van der Waals surface area contributed by atoms with Crippen LogP contribution in [0.4, 0.5) is 4.39 Å². The van der Waals surface area contributed by atoms with Crippen LogP contribution in [-0.2, 0) is 0 Å². The minimum absolute atomic E-state index is 0.170. The van der Waals surface area contributed by atoms with Gasteiger partial charge in [-0.3, -0.25) is 0 Å². The highest BCUT2D eigenvalue weighted by molar-refractivity contribution is 9.10. The lowest BCUT2D eigenvalue weighted by Gasteiger charge is -2.08. The summed E-state index contributed by atoms with van der Waals surface area (Å²) < 4.78 is 19.4. The van der Waals surface area contributed by atoms with E-state index in [-0.39, 0.29) is 5.88 Å². The second-order valence-corrected chi connectivity index (χ2v) is 4.67. The molecule has 0 aliphatic rings. The molecule has 0 saturated carbocycles. The molecule has 0 bridgehead atoms. The summed E-state index contributed by atoms with van der Waals surface area (Å²) in [5.74, 6) is 0.127. The molecule has 0 spiro atoms. The fourth-order valence-corrected chi connectivity index (χ4v) is 2.35. The van der Waals surface area contributed by atoms with E-state index in [1.165, 1.54) is 0 Å². The van der Waals surface area contributed by atoms with Gasteiger partial charge in [0.15, 0.2) is 0 Å². The largest absolute Gasteiger partial charge is 0.438 e. The summed E-state index contributed by atoms with van der Waals surface area (Å²) in [7, 11) is 0. The maximum Gasteiger partial charge on any atom is 0.225 e. The fraction of sp³-hybridized carbons (Fsp3) is 0. The first kappa shape index (κ1) is 12.0. The zero-order valence-corrected chi connectivity index (χ0v) is 11.3. The van der Waals surface area contributed by atoms with Gasteiger partial charge < -0.3 is 4.74 Å². The first-order valence-corrected chi connectivity index (χ1v) is 6.36. The van der Waals surface area contributed by atoms with Crippen LogP contribution in [0.2, 0.25) is 0 Å². The number of hydrogen-bond donors (Lipinski definition) is 0. The van der Waals surface area contributed by atoms with E-state index < -0.39 is 5.95 Å². The number of ether oxygens (including phenoxy) is 1. The smallest absolute Gasteiger partial charge is 0.225 e. The van der Waals surface area contributed by atoms with Crippen LogP contribution in [0.15, 0.2) is 53.3 Å². The van der Waals surface area contributed by atoms with E-state index in [1.807, 2.05) is 36.4 Å². The Labute approximate surface area is 117 Å². The minimum atomic E-state index is -0.623. The fourth-order valence-electron chi connectivity index (χ4n) is 1.78. The van der Waals surface area contributed by atoms with Crippen LogP contribution in [0, 0.1) is 5.95 Å². The number of fused-ring (bicyclic) bond motifs is 1. The Kier molecular flexibility index (Phi) is 3.13. The highest BCUT2D eigenvalue weighted by Crippen LogP contribution is 2.35. The standard InChI is InChI=1S/C14H8BrFN2O/c15-14-10-4-2-1-3-9(10)5-6-11(14)19-13-7-12(16)17-8-18-13/h1-8H. The number of rotatable bonds is 2. The zero-order chi connectivity index (χ0) is 13.2. The molecule has 0 saturated heterocycles. The number of benzene rings is 2. The van der Waals surface area contributed by atoms with Gasteiger partial charge >= 0.3 is 0 Å². The summed E-state index contributed by atoms with van der Waals surface area (Å²) in [6.07, 6.45) is 1.12. The molecular formula is C14H8BrFN2O. The molecule has 0 aliphatic heterocycles. The molecule has 0 radical (unpaired) electrons. The molecule has 0 amide bonds. The van der Waals surface area contributed by atoms with Gasteiger partial charge in [-0.1, -0.05) is 30.3 Å². The maximum absolute atomic E-state index is 13.0. The average Bonchev–Trinajstić information content (AvgIpc) is 2.42. The Bertz CT molecular complexity index is 748. The van der Waals surface area contributed by atoms with Crippen LogP contribution < -0.4 is 4.74 Å². The van der Waals surface area contributed by atoms with E-state index in [9.17, 15) is 4.39 Å². The van der Waals surface area contributed by atoms with Gasteiger partial charge in [0.25, 0.3) is 0 Å². The van der Waals surface area contributed by atoms with Crippen molar-refractivity contribution >= 4 is 26.7 Å². The summed E-state index contributed by atoms with van der Waals surface area (Å²) in [5, 5.41) is 2.12. The highest BCUT2D eigenvalue weighted by Gasteiger charge is 2.08. The van der Waals surface area contributed by atoms with E-state index in [2.05, 4.69) is 25.9 Å². The van der Waals surface area contributed by atoms with Gasteiger partial charge in [-0.25, -0.2) is 9.97 Å². The third-order valence-electron chi connectivity index (χ3n) is 2.65. The number of hydrogen-bond acceptors (Lipinski definition) is 3. The van der Waals surface area contributed by atoms with Crippen molar-refractivity contribution < 1.29 is 9.13 Å². The molecule has 0 fully saturated rings. The normalized spacial score (nSPS) is 10.6. The van der Waals surface area contributed by atoms with E-state index in [0.717, 1.165) is 27.6 Å². The van der Waals surface area contributed by atoms with Crippen molar-refractivity contribution in [3.8, 4) is 11.6 Å². The van der Waals surface area contributed by atoms with Gasteiger partial charge in [-0.2, -0.15) is 4.39 Å². The van der Waals surface area contributed by atoms with Crippen LogP contribution in [0.5, 0.6) is 11.6 Å². The lowest BCUT2D eigenvalue weighted by Crippen LogP contribution is -1.92. The maximum atomic E-state index is 13.0. The molecule has 0 atom stereocenters. The van der Waals surface area contributed by atoms with Crippen LogP contribution in [0.25, 0.3) is 10.8 Å². The molecule has 3 aromatic rings. The first-order valence-electron chi connectivity index (χ1n) is 5.57. The molecule has 94 valence electrons. The minimum Gasteiger partial charge on any atom is -0.438 e. The number of aromatic nitrogens is 2. The molecule has 1 aromatic heterocycles. The Morgan fingerprint density at radius 2 is 1.89 bits per heavy atom. The molecule has 3 rings (SSSR count). The van der Waals surface area contributed by atoms with Crippen LogP contribution in [0.1, 0.15) is 0 Å². The first-order chi connectivity index (χ1) is 9.24. The Hall–Kier alpha value is -2.01. The van der Waals surface area contributed by atoms with Gasteiger partial charge in [-0.15, -0.1) is 0 Å². The zero-order valence-electron chi connectivity index (χ0n) is 9.68. The molecule has 19 heavy (non-hydrogen) atoms. The van der Waals surface area contributed by atoms with Crippen molar-refractivity contribution in [3.63, 3.8) is 0 Å². The molecule has 0 aliphatic carbocycles. The van der Waals surface area contributed by atoms with Crippen molar-refractivity contribution in [1.82, 2.24) is 9.97 Å². The van der Waals surface area contributed by atoms with Crippen molar-refractivity contribution in [2.45, 2.75) is 0 Å². The van der Waals surface area contributed by atoms with Crippen LogP contribution >= 0.6 is 15.9 Å². The Balaban J connectivity index is 2.04. The lowest BCUT2D eigenvalue weighted by atomic mass is 10.1. The van der Waals surface area contributed by atoms with E-state index in [0.29, 0.717) is 5.75 Å². The predicted octanol–water partition coefficient (Wildman–Crippen LogP) is 4.32. The second kappa shape index (κ2) is 4.93. The monoisotopic (exact) mass is 318 g/mol. The third-order valence-corrected chi connectivity index (χ3v) is 3.47. The number of nitrogens with zero attached hydrogens (tertiary/aromatic N) is 2. The summed E-state index contributed by atoms with van der Waals surface area (Å²) in [6.45, 7) is 0. The van der Waals surface area contributed by atoms with Gasteiger partial charge in [0, 0.05) is 0 Å². The summed E-state index contributed by atoms with van der Waals surface area (Å²) in [6, 6.07) is 12.8. The van der Waals surface area contributed by atoms with Gasteiger partial charge in [-0.05, 0) is 32.8 Å². The third kappa shape index (κ3) is 2.42. The molecule has 0 N–H and O–H groups in total. The molecule has 2 aromatic carbocycles. The van der Waals surface area contributed by atoms with Gasteiger partial charge in [0.1, 0.15) is 12.1 Å². The predicted molar refractivity (Wildman–Crippen MR) is 73.7 cm³/mol. The van der Waals surface area contributed by atoms with E-state index in [4.69, 9.17) is 4.74 Å². The molecule has 3 nitrogen and oxygen atoms in total. The van der Waals surface area contributed by atoms with E-state index >= 15 is 0 Å². The molecular weight excluding hydrogens is 311 g/mol. The lowest BCUT2D eigenvalue weighted by molar-refractivity contribution is 0.449. The topological polar surface area (TPSA) is 35.0 Å². The van der Waals surface area contributed by atoms with Gasteiger partial charge in [0.2, 0.25) is 11.8 Å². The molecule has 1 heterocycles. The van der Waals surface area contributed by atoms with Crippen LogP contribution in [-0.4, -0.2) is 9.97 Å². The van der Waals surface area contributed by atoms with Gasteiger partial charge in [0.05, 0.1) is 10.5 Å². The quantitative estimate of drug-likeness (QED) is 0.660. The SMILES string of the molecule is Fc1cc(Oc2ccc3ccccc3c2Br)ncn1. The summed E-state index contributed by atoms with van der Waals surface area (Å²) in [5.41, 5.74) is 0. The van der Waals surface area contributed by atoms with Crippen LogP contribution in [0.3, 0.4) is 0 Å². The van der Waals surface area contributed by atoms with Crippen molar-refractivity contribution in [3.05, 3.63) is 59.2 Å². The molecule has 5 heteroatoms. The Morgan fingerprint density at radius 1 is 1.05 bits per heavy atom. The number of halogens is 2. The Morgan fingerprint density at radius 3 is 2.74 bits per heavy atom.